The van der Waals surface area contributed by atoms with E-state index < -0.39 is 0 Å². The molecule has 4 rings (SSSR count). The van der Waals surface area contributed by atoms with Crippen LogP contribution in [0.5, 0.6) is 5.88 Å². The van der Waals surface area contributed by atoms with E-state index in [0.717, 1.165) is 18.5 Å². The third-order valence-electron chi connectivity index (χ3n) is 5.06. The van der Waals surface area contributed by atoms with Crippen LogP contribution in [0.1, 0.15) is 47.3 Å². The number of methoxy groups -OCH3 is 1. The first-order chi connectivity index (χ1) is 13.2. The zero-order chi connectivity index (χ0) is 18.8. The van der Waals surface area contributed by atoms with E-state index in [0.29, 0.717) is 29.6 Å². The maximum absolute atomic E-state index is 12.8. The van der Waals surface area contributed by atoms with E-state index in [-0.39, 0.29) is 24.9 Å². The van der Waals surface area contributed by atoms with Gasteiger partial charge in [0, 0.05) is 18.2 Å². The summed E-state index contributed by atoms with van der Waals surface area (Å²) >= 11 is 0. The summed E-state index contributed by atoms with van der Waals surface area (Å²) in [4.78, 5) is 32.5. The van der Waals surface area contributed by atoms with Crippen LogP contribution >= 0.6 is 0 Å². The predicted octanol–water partition coefficient (Wildman–Crippen LogP) is 0.291. The standard InChI is InChI=1S/C17H21N7O3/c1-27-16-11(7-18-15(25)9-24-20-10-19-22-24)6-13-14(21-16)8-23(17(13)26)12-4-2-3-5-12/h6,10,12H,2-5,7-9H2,1H3,(H,18,25). The van der Waals surface area contributed by atoms with Crippen LogP contribution in [-0.2, 0) is 24.4 Å². The van der Waals surface area contributed by atoms with Gasteiger partial charge in [-0.05, 0) is 24.1 Å². The van der Waals surface area contributed by atoms with Crippen molar-refractivity contribution in [3.63, 3.8) is 0 Å². The van der Waals surface area contributed by atoms with Crippen LogP contribution in [-0.4, -0.2) is 55.1 Å². The molecule has 1 saturated carbocycles. The van der Waals surface area contributed by atoms with Crippen LogP contribution in [0, 0.1) is 0 Å². The molecule has 27 heavy (non-hydrogen) atoms. The Morgan fingerprint density at radius 1 is 1.37 bits per heavy atom. The van der Waals surface area contributed by atoms with Crippen molar-refractivity contribution in [1.29, 1.82) is 0 Å². The van der Waals surface area contributed by atoms with E-state index >= 15 is 0 Å². The van der Waals surface area contributed by atoms with Crippen molar-refractivity contribution in [2.75, 3.05) is 7.11 Å². The number of aromatic nitrogens is 5. The van der Waals surface area contributed by atoms with Gasteiger partial charge in [0.15, 0.2) is 6.33 Å². The molecule has 2 aromatic rings. The molecular weight excluding hydrogens is 350 g/mol. The first kappa shape index (κ1) is 17.4. The van der Waals surface area contributed by atoms with Crippen LogP contribution in [0.15, 0.2) is 12.4 Å². The SMILES string of the molecule is COc1nc2c(cc1CNC(=O)Cn1ncnn1)C(=O)N(C1CCCC1)C2. The lowest BCUT2D eigenvalue weighted by molar-refractivity contribution is -0.122. The van der Waals surface area contributed by atoms with Crippen LogP contribution in [0.25, 0.3) is 0 Å². The molecule has 1 aliphatic carbocycles. The normalized spacial score (nSPS) is 16.6. The molecule has 0 radical (unpaired) electrons. The van der Waals surface area contributed by atoms with Crippen LogP contribution < -0.4 is 10.1 Å². The van der Waals surface area contributed by atoms with Gasteiger partial charge in [-0.25, -0.2) is 4.98 Å². The van der Waals surface area contributed by atoms with E-state index in [4.69, 9.17) is 4.74 Å². The second-order valence-electron chi connectivity index (χ2n) is 6.77. The van der Waals surface area contributed by atoms with E-state index in [9.17, 15) is 9.59 Å². The Hall–Kier alpha value is -3.04. The summed E-state index contributed by atoms with van der Waals surface area (Å²) in [7, 11) is 1.53. The third kappa shape index (κ3) is 3.46. The summed E-state index contributed by atoms with van der Waals surface area (Å²) in [5, 5.41) is 13.8. The average molecular weight is 371 g/mol. The molecule has 2 aliphatic rings. The minimum Gasteiger partial charge on any atom is -0.481 e. The number of tetrazole rings is 1. The fourth-order valence-electron chi connectivity index (χ4n) is 3.72. The molecule has 10 heteroatoms. The molecule has 2 aromatic heterocycles. The smallest absolute Gasteiger partial charge is 0.256 e. The zero-order valence-electron chi connectivity index (χ0n) is 15.1. The highest BCUT2D eigenvalue weighted by Gasteiger charge is 2.35. The molecule has 0 atom stereocenters. The van der Waals surface area contributed by atoms with E-state index in [1.165, 1.54) is 31.1 Å². The monoisotopic (exact) mass is 371 g/mol. The van der Waals surface area contributed by atoms with Gasteiger partial charge in [-0.3, -0.25) is 9.59 Å². The maximum atomic E-state index is 12.8. The van der Waals surface area contributed by atoms with Gasteiger partial charge in [0.1, 0.15) is 6.54 Å². The third-order valence-corrected chi connectivity index (χ3v) is 5.06. The average Bonchev–Trinajstić information content (AvgIpc) is 3.41. The van der Waals surface area contributed by atoms with Crippen LogP contribution in [0.4, 0.5) is 0 Å². The summed E-state index contributed by atoms with van der Waals surface area (Å²) in [6, 6.07) is 2.09. The lowest BCUT2D eigenvalue weighted by Gasteiger charge is -2.22. The van der Waals surface area contributed by atoms with E-state index in [1.54, 1.807) is 6.07 Å². The molecule has 0 saturated heterocycles. The number of hydrogen-bond acceptors (Lipinski definition) is 7. The number of carbonyl (C=O) groups excluding carboxylic acids is 2. The van der Waals surface area contributed by atoms with Crippen LogP contribution in [0.3, 0.4) is 0 Å². The largest absolute Gasteiger partial charge is 0.481 e. The first-order valence-corrected chi connectivity index (χ1v) is 9.01. The molecule has 0 bridgehead atoms. The number of amides is 2. The quantitative estimate of drug-likeness (QED) is 0.776. The van der Waals surface area contributed by atoms with Gasteiger partial charge in [0.05, 0.1) is 24.9 Å². The molecule has 0 spiro atoms. The summed E-state index contributed by atoms with van der Waals surface area (Å²) in [6.45, 7) is 0.697. The molecule has 2 amide bonds. The molecule has 0 aromatic carbocycles. The minimum atomic E-state index is -0.269. The van der Waals surface area contributed by atoms with Crippen molar-refractivity contribution < 1.29 is 14.3 Å². The van der Waals surface area contributed by atoms with Gasteiger partial charge in [-0.2, -0.15) is 4.80 Å². The molecule has 0 unspecified atom stereocenters. The Morgan fingerprint density at radius 3 is 2.89 bits per heavy atom. The predicted molar refractivity (Wildman–Crippen MR) is 92.6 cm³/mol. The molecule has 3 heterocycles. The van der Waals surface area contributed by atoms with Gasteiger partial charge in [0.25, 0.3) is 5.91 Å². The summed E-state index contributed by atoms with van der Waals surface area (Å²) in [6.07, 6.45) is 5.70. The van der Waals surface area contributed by atoms with Gasteiger partial charge in [0.2, 0.25) is 11.8 Å². The Balaban J connectivity index is 1.47. The Morgan fingerprint density at radius 2 is 2.19 bits per heavy atom. The van der Waals surface area contributed by atoms with Gasteiger partial charge in [-0.1, -0.05) is 12.8 Å². The van der Waals surface area contributed by atoms with Crippen molar-refractivity contribution in [2.45, 2.75) is 51.4 Å². The number of ether oxygens (including phenoxy) is 1. The lowest BCUT2D eigenvalue weighted by Crippen LogP contribution is -2.33. The van der Waals surface area contributed by atoms with Crippen molar-refractivity contribution >= 4 is 11.8 Å². The molecular formula is C17H21N7O3. The summed E-state index contributed by atoms with van der Waals surface area (Å²) in [5.41, 5.74) is 2.01. The zero-order valence-corrected chi connectivity index (χ0v) is 15.1. The first-order valence-electron chi connectivity index (χ1n) is 9.01. The maximum Gasteiger partial charge on any atom is 0.256 e. The number of nitrogens with zero attached hydrogens (tertiary/aromatic N) is 6. The van der Waals surface area contributed by atoms with E-state index in [1.807, 2.05) is 4.90 Å². The van der Waals surface area contributed by atoms with Gasteiger partial charge >= 0.3 is 0 Å². The van der Waals surface area contributed by atoms with Crippen LogP contribution in [0.2, 0.25) is 0 Å². The second-order valence-corrected chi connectivity index (χ2v) is 6.77. The molecule has 1 N–H and O–H groups in total. The van der Waals surface area contributed by atoms with Crippen molar-refractivity contribution in [3.05, 3.63) is 29.2 Å². The van der Waals surface area contributed by atoms with Crippen molar-refractivity contribution in [3.8, 4) is 5.88 Å². The highest BCUT2D eigenvalue weighted by atomic mass is 16.5. The molecule has 142 valence electrons. The second kappa shape index (κ2) is 7.29. The van der Waals surface area contributed by atoms with Gasteiger partial charge < -0.3 is 15.0 Å². The number of pyridine rings is 1. The Bertz CT molecular complexity index is 846. The molecule has 1 fully saturated rings. The highest BCUT2D eigenvalue weighted by Crippen LogP contribution is 2.33. The Kier molecular flexibility index (Phi) is 4.69. The van der Waals surface area contributed by atoms with Gasteiger partial charge in [-0.15, -0.1) is 10.2 Å². The number of hydrogen-bond donors (Lipinski definition) is 1. The van der Waals surface area contributed by atoms with E-state index in [2.05, 4.69) is 25.7 Å². The fourth-order valence-corrected chi connectivity index (χ4v) is 3.72. The highest BCUT2D eigenvalue weighted by molar-refractivity contribution is 5.98. The van der Waals surface area contributed by atoms with Crippen molar-refractivity contribution in [2.24, 2.45) is 0 Å². The number of rotatable bonds is 6. The lowest BCUT2D eigenvalue weighted by atomic mass is 10.1. The minimum absolute atomic E-state index is 0.0199. The summed E-state index contributed by atoms with van der Waals surface area (Å²) in [5.74, 6) is 0.176. The summed E-state index contributed by atoms with van der Waals surface area (Å²) < 4.78 is 5.37. The Labute approximate surface area is 155 Å². The van der Waals surface area contributed by atoms with Crippen molar-refractivity contribution in [1.82, 2.24) is 35.4 Å². The fraction of sp³-hybridized carbons (Fsp3) is 0.529. The topological polar surface area (TPSA) is 115 Å². The molecule has 1 aliphatic heterocycles. The number of nitrogens with one attached hydrogen (secondary N) is 1. The molecule has 10 nitrogen and oxygen atoms in total. The number of fused-ring (bicyclic) bond motifs is 1. The number of carbonyl (C=O) groups is 2.